The van der Waals surface area contributed by atoms with Gasteiger partial charge in [-0.15, -0.1) is 0 Å². The highest BCUT2D eigenvalue weighted by Crippen LogP contribution is 2.35. The second-order valence-corrected chi connectivity index (χ2v) is 6.87. The van der Waals surface area contributed by atoms with E-state index in [4.69, 9.17) is 0 Å². The van der Waals surface area contributed by atoms with Crippen molar-refractivity contribution in [1.82, 2.24) is 15.2 Å². The highest BCUT2D eigenvalue weighted by Gasteiger charge is 2.38. The van der Waals surface area contributed by atoms with Crippen LogP contribution in [-0.2, 0) is 6.18 Å². The molecule has 1 saturated heterocycles. The van der Waals surface area contributed by atoms with E-state index in [1.165, 1.54) is 30.3 Å². The first kappa shape index (κ1) is 19.7. The normalized spacial score (nSPS) is 22.6. The van der Waals surface area contributed by atoms with Gasteiger partial charge >= 0.3 is 6.18 Å². The van der Waals surface area contributed by atoms with Gasteiger partial charge in [0.25, 0.3) is 0 Å². The molecule has 2 aromatic rings. The Morgan fingerprint density at radius 2 is 1.74 bits per heavy atom. The van der Waals surface area contributed by atoms with Crippen LogP contribution in [0.15, 0.2) is 36.4 Å². The second-order valence-electron chi connectivity index (χ2n) is 6.87. The number of pyridine rings is 1. The number of nitrogens with zero attached hydrogens (tertiary/aromatic N) is 2. The van der Waals surface area contributed by atoms with Gasteiger partial charge in [0.15, 0.2) is 11.5 Å². The minimum atomic E-state index is -4.89. The molecule has 3 nitrogen and oxygen atoms in total. The third-order valence-corrected chi connectivity index (χ3v) is 4.75. The van der Waals surface area contributed by atoms with Crippen molar-refractivity contribution in [2.75, 3.05) is 13.1 Å². The zero-order valence-corrected chi connectivity index (χ0v) is 14.9. The molecule has 1 aliphatic rings. The van der Waals surface area contributed by atoms with Gasteiger partial charge < -0.3 is 5.32 Å². The molecule has 2 heterocycles. The Morgan fingerprint density at radius 3 is 2.37 bits per heavy atom. The topological polar surface area (TPSA) is 28.2 Å². The molecule has 1 aromatic carbocycles. The van der Waals surface area contributed by atoms with Crippen molar-refractivity contribution in [2.45, 2.75) is 38.1 Å². The molecule has 0 saturated carbocycles. The van der Waals surface area contributed by atoms with Crippen LogP contribution < -0.4 is 5.32 Å². The first-order valence-corrected chi connectivity index (χ1v) is 8.65. The van der Waals surface area contributed by atoms with Crippen LogP contribution in [0.2, 0.25) is 0 Å². The van der Waals surface area contributed by atoms with Crippen LogP contribution >= 0.6 is 0 Å². The minimum Gasteiger partial charge on any atom is -0.311 e. The van der Waals surface area contributed by atoms with E-state index in [9.17, 15) is 22.0 Å². The van der Waals surface area contributed by atoms with Crippen LogP contribution in [0.3, 0.4) is 0 Å². The van der Waals surface area contributed by atoms with E-state index in [1.807, 2.05) is 18.7 Å². The summed E-state index contributed by atoms with van der Waals surface area (Å²) in [5.41, 5.74) is -0.858. The van der Waals surface area contributed by atoms with Crippen LogP contribution in [0.4, 0.5) is 22.0 Å². The van der Waals surface area contributed by atoms with Crippen molar-refractivity contribution in [3.05, 3.63) is 65.0 Å². The quantitative estimate of drug-likeness (QED) is 0.805. The molecule has 1 N–H and O–H groups in total. The minimum absolute atomic E-state index is 0.00237. The molecule has 0 spiro atoms. The summed E-state index contributed by atoms with van der Waals surface area (Å²) in [7, 11) is 0. The average molecular weight is 385 g/mol. The number of nitrogens with one attached hydrogen (secondary N) is 1. The summed E-state index contributed by atoms with van der Waals surface area (Å²) in [4.78, 5) is 5.63. The lowest BCUT2D eigenvalue weighted by molar-refractivity contribution is -0.143. The number of rotatable bonds is 3. The zero-order chi connectivity index (χ0) is 19.8. The van der Waals surface area contributed by atoms with E-state index in [0.29, 0.717) is 18.7 Å². The van der Waals surface area contributed by atoms with Gasteiger partial charge in [-0.05, 0) is 43.7 Å². The Labute approximate surface area is 154 Å². The lowest BCUT2D eigenvalue weighted by atomic mass is 9.97. The highest BCUT2D eigenvalue weighted by atomic mass is 19.4. The third-order valence-electron chi connectivity index (χ3n) is 4.75. The molecular formula is C19H20F5N3. The summed E-state index contributed by atoms with van der Waals surface area (Å²) in [5, 5.41) is 3.31. The summed E-state index contributed by atoms with van der Waals surface area (Å²) in [5.74, 6) is -1.85. The van der Waals surface area contributed by atoms with Gasteiger partial charge in [0.2, 0.25) is 0 Å². The number of piperazine rings is 1. The molecule has 1 aliphatic heterocycles. The maximum absolute atomic E-state index is 13.7. The van der Waals surface area contributed by atoms with Crippen LogP contribution in [0.1, 0.15) is 36.8 Å². The zero-order valence-electron chi connectivity index (χ0n) is 14.9. The molecule has 3 rings (SSSR count). The molecule has 1 unspecified atom stereocenters. The van der Waals surface area contributed by atoms with E-state index in [2.05, 4.69) is 10.3 Å². The molecule has 1 aromatic heterocycles. The smallest absolute Gasteiger partial charge is 0.311 e. The predicted octanol–water partition coefficient (Wildman–Crippen LogP) is 4.15. The first-order valence-electron chi connectivity index (χ1n) is 8.65. The van der Waals surface area contributed by atoms with Gasteiger partial charge in [-0.2, -0.15) is 13.2 Å². The van der Waals surface area contributed by atoms with Gasteiger partial charge in [0.1, 0.15) is 5.82 Å². The molecule has 146 valence electrons. The Hall–Kier alpha value is -2.06. The van der Waals surface area contributed by atoms with Crippen LogP contribution in [0.25, 0.3) is 0 Å². The van der Waals surface area contributed by atoms with Crippen LogP contribution in [-0.4, -0.2) is 35.1 Å². The van der Waals surface area contributed by atoms with E-state index in [0.717, 1.165) is 6.07 Å². The summed E-state index contributed by atoms with van der Waals surface area (Å²) >= 11 is 0. The second kappa shape index (κ2) is 7.52. The molecule has 0 bridgehead atoms. The summed E-state index contributed by atoms with van der Waals surface area (Å²) in [6, 6.07) is 7.08. The van der Waals surface area contributed by atoms with Gasteiger partial charge in [-0.3, -0.25) is 4.90 Å². The first-order chi connectivity index (χ1) is 12.7. The lowest BCUT2D eigenvalue weighted by Gasteiger charge is -2.42. The summed E-state index contributed by atoms with van der Waals surface area (Å²) in [6.45, 7) is 5.12. The van der Waals surface area contributed by atoms with E-state index >= 15 is 0 Å². The Morgan fingerprint density at radius 1 is 1.07 bits per heavy atom. The Balaban J connectivity index is 2.11. The number of alkyl halides is 3. The van der Waals surface area contributed by atoms with Crippen LogP contribution in [0, 0.1) is 11.6 Å². The van der Waals surface area contributed by atoms with Gasteiger partial charge in [-0.1, -0.05) is 12.1 Å². The molecule has 3 atom stereocenters. The number of halogens is 5. The maximum Gasteiger partial charge on any atom is 0.436 e. The third kappa shape index (κ3) is 4.27. The fourth-order valence-electron chi connectivity index (χ4n) is 3.40. The summed E-state index contributed by atoms with van der Waals surface area (Å²) < 4.78 is 66.5. The number of hydrogen-bond acceptors (Lipinski definition) is 3. The maximum atomic E-state index is 13.7. The van der Waals surface area contributed by atoms with Crippen molar-refractivity contribution in [3.63, 3.8) is 0 Å². The predicted molar refractivity (Wildman–Crippen MR) is 91.1 cm³/mol. The largest absolute Gasteiger partial charge is 0.436 e. The number of hydrogen-bond donors (Lipinski definition) is 1. The SMILES string of the molecule is C[C@@H]1CN[C@@H](C)CN1C(c1ccc(F)cc1)c1ccc(F)c(C(F)(F)F)n1. The fourth-order valence-corrected chi connectivity index (χ4v) is 3.40. The monoisotopic (exact) mass is 385 g/mol. The molecule has 8 heteroatoms. The molecule has 0 amide bonds. The van der Waals surface area contributed by atoms with Gasteiger partial charge in [-0.25, -0.2) is 13.8 Å². The fraction of sp³-hybridized carbons (Fsp3) is 0.421. The Kier molecular flexibility index (Phi) is 5.48. The summed E-state index contributed by atoms with van der Waals surface area (Å²) in [6.07, 6.45) is -4.89. The molecule has 0 radical (unpaired) electrons. The lowest BCUT2D eigenvalue weighted by Crippen LogP contribution is -2.55. The van der Waals surface area contributed by atoms with E-state index < -0.39 is 29.5 Å². The Bertz CT molecular complexity index is 791. The van der Waals surface area contributed by atoms with Crippen molar-refractivity contribution in [1.29, 1.82) is 0 Å². The van der Waals surface area contributed by atoms with E-state index in [1.54, 1.807) is 0 Å². The van der Waals surface area contributed by atoms with Crippen molar-refractivity contribution in [2.24, 2.45) is 0 Å². The van der Waals surface area contributed by atoms with Crippen molar-refractivity contribution >= 4 is 0 Å². The standard InChI is InChI=1S/C19H20F5N3/c1-11-10-27(12(2)9-25-11)17(13-3-5-14(20)6-4-13)16-8-7-15(21)18(26-16)19(22,23)24/h3-8,11-12,17,25H,9-10H2,1-2H3/t11-,12+,17?/m0/s1. The number of benzene rings is 1. The van der Waals surface area contributed by atoms with Crippen molar-refractivity contribution < 1.29 is 22.0 Å². The number of aromatic nitrogens is 1. The molecule has 0 aliphatic carbocycles. The highest BCUT2D eigenvalue weighted by molar-refractivity contribution is 5.30. The van der Waals surface area contributed by atoms with Gasteiger partial charge in [0.05, 0.1) is 11.7 Å². The van der Waals surface area contributed by atoms with E-state index in [-0.39, 0.29) is 17.8 Å². The molecule has 1 fully saturated rings. The van der Waals surface area contributed by atoms with Crippen molar-refractivity contribution in [3.8, 4) is 0 Å². The van der Waals surface area contributed by atoms with Gasteiger partial charge in [0, 0.05) is 25.2 Å². The molecule has 27 heavy (non-hydrogen) atoms. The van der Waals surface area contributed by atoms with Crippen LogP contribution in [0.5, 0.6) is 0 Å². The average Bonchev–Trinajstić information content (AvgIpc) is 2.60. The molecular weight excluding hydrogens is 365 g/mol.